The van der Waals surface area contributed by atoms with Gasteiger partial charge in [-0.2, -0.15) is 4.98 Å². The van der Waals surface area contributed by atoms with Crippen molar-refractivity contribution >= 4 is 11.5 Å². The maximum Gasteiger partial charge on any atom is 0.242 e. The first-order valence-electron chi connectivity index (χ1n) is 6.86. The highest BCUT2D eigenvalue weighted by molar-refractivity contribution is 5.66. The number of aryl methyl sites for hydroxylation is 1. The number of anilines is 2. The van der Waals surface area contributed by atoms with Gasteiger partial charge in [0, 0.05) is 12.1 Å². The summed E-state index contributed by atoms with van der Waals surface area (Å²) in [6, 6.07) is 6.56. The highest BCUT2D eigenvalue weighted by atomic mass is 19.1. The Kier molecular flexibility index (Phi) is 4.92. The van der Waals surface area contributed by atoms with Gasteiger partial charge in [0.25, 0.3) is 0 Å². The Balaban J connectivity index is 2.16. The summed E-state index contributed by atoms with van der Waals surface area (Å²) in [6.07, 6.45) is 0.862. The Morgan fingerprint density at radius 2 is 2.05 bits per heavy atom. The average molecular weight is 290 g/mol. The number of nitrogens with two attached hydrogens (primary N) is 1. The van der Waals surface area contributed by atoms with Gasteiger partial charge in [0.2, 0.25) is 5.88 Å². The molecule has 0 aliphatic rings. The smallest absolute Gasteiger partial charge is 0.242 e. The van der Waals surface area contributed by atoms with Gasteiger partial charge in [-0.25, -0.2) is 9.37 Å². The van der Waals surface area contributed by atoms with Crippen LogP contribution in [0, 0.1) is 12.7 Å². The summed E-state index contributed by atoms with van der Waals surface area (Å²) in [6.45, 7) is 4.59. The number of benzene rings is 1. The van der Waals surface area contributed by atoms with Gasteiger partial charge in [0.15, 0.2) is 5.82 Å². The van der Waals surface area contributed by atoms with Crippen molar-refractivity contribution in [3.8, 4) is 5.88 Å². The quantitative estimate of drug-likeness (QED) is 0.855. The SMILES string of the molecule is CCCOc1nc(C)nc(NCc2ccccc2F)c1N. The van der Waals surface area contributed by atoms with Crippen LogP contribution in [0.1, 0.15) is 24.7 Å². The molecule has 0 saturated heterocycles. The molecule has 0 aliphatic heterocycles. The summed E-state index contributed by atoms with van der Waals surface area (Å²) in [4.78, 5) is 8.41. The number of ether oxygens (including phenoxy) is 1. The van der Waals surface area contributed by atoms with Gasteiger partial charge in [-0.05, 0) is 19.4 Å². The zero-order chi connectivity index (χ0) is 15.2. The Morgan fingerprint density at radius 3 is 2.76 bits per heavy atom. The molecule has 112 valence electrons. The molecule has 6 heteroatoms. The molecular formula is C15H19FN4O. The minimum Gasteiger partial charge on any atom is -0.476 e. The number of rotatable bonds is 6. The minimum atomic E-state index is -0.267. The van der Waals surface area contributed by atoms with Crippen molar-refractivity contribution in [2.75, 3.05) is 17.7 Å². The molecule has 0 bridgehead atoms. The second-order valence-corrected chi connectivity index (χ2v) is 4.63. The van der Waals surface area contributed by atoms with E-state index in [4.69, 9.17) is 10.5 Å². The summed E-state index contributed by atoms with van der Waals surface area (Å²) >= 11 is 0. The standard InChI is InChI=1S/C15H19FN4O/c1-3-8-21-15-13(17)14(19-10(2)20-15)18-9-11-6-4-5-7-12(11)16/h4-7H,3,8-9,17H2,1-2H3,(H,18,19,20). The van der Waals surface area contributed by atoms with Crippen LogP contribution in [0.25, 0.3) is 0 Å². The van der Waals surface area contributed by atoms with Crippen molar-refractivity contribution in [2.45, 2.75) is 26.8 Å². The lowest BCUT2D eigenvalue weighted by Gasteiger charge is -2.13. The van der Waals surface area contributed by atoms with Crippen molar-refractivity contribution < 1.29 is 9.13 Å². The number of nitrogens with one attached hydrogen (secondary N) is 1. The van der Waals surface area contributed by atoms with E-state index in [-0.39, 0.29) is 5.82 Å². The molecule has 21 heavy (non-hydrogen) atoms. The Bertz CT molecular complexity index is 619. The van der Waals surface area contributed by atoms with Gasteiger partial charge in [-0.15, -0.1) is 0 Å². The average Bonchev–Trinajstić information content (AvgIpc) is 2.47. The van der Waals surface area contributed by atoms with Crippen molar-refractivity contribution in [1.82, 2.24) is 9.97 Å². The van der Waals surface area contributed by atoms with E-state index in [1.54, 1.807) is 25.1 Å². The molecule has 1 aromatic heterocycles. The molecule has 0 amide bonds. The van der Waals surface area contributed by atoms with E-state index < -0.39 is 0 Å². The van der Waals surface area contributed by atoms with Gasteiger partial charge < -0.3 is 15.8 Å². The summed E-state index contributed by atoms with van der Waals surface area (Å²) in [5, 5.41) is 3.03. The van der Waals surface area contributed by atoms with Crippen LogP contribution in [0.2, 0.25) is 0 Å². The molecule has 1 aromatic carbocycles. The normalized spacial score (nSPS) is 10.4. The van der Waals surface area contributed by atoms with Crippen LogP contribution >= 0.6 is 0 Å². The fraction of sp³-hybridized carbons (Fsp3) is 0.333. The maximum atomic E-state index is 13.6. The zero-order valence-electron chi connectivity index (χ0n) is 12.2. The first kappa shape index (κ1) is 15.0. The fourth-order valence-electron chi connectivity index (χ4n) is 1.82. The maximum absolute atomic E-state index is 13.6. The number of hydrogen-bond acceptors (Lipinski definition) is 5. The largest absolute Gasteiger partial charge is 0.476 e. The topological polar surface area (TPSA) is 73.1 Å². The summed E-state index contributed by atoms with van der Waals surface area (Å²) in [5.41, 5.74) is 6.87. The van der Waals surface area contributed by atoms with Crippen LogP contribution in [0.4, 0.5) is 15.9 Å². The van der Waals surface area contributed by atoms with Gasteiger partial charge in [-0.3, -0.25) is 0 Å². The molecule has 0 atom stereocenters. The van der Waals surface area contributed by atoms with Crippen LogP contribution in [0.15, 0.2) is 24.3 Å². The molecule has 2 rings (SSSR count). The Morgan fingerprint density at radius 1 is 1.29 bits per heavy atom. The van der Waals surface area contributed by atoms with Gasteiger partial charge >= 0.3 is 0 Å². The van der Waals surface area contributed by atoms with E-state index in [0.717, 1.165) is 6.42 Å². The Hall–Kier alpha value is -2.37. The molecule has 0 fully saturated rings. The van der Waals surface area contributed by atoms with Crippen LogP contribution in [-0.4, -0.2) is 16.6 Å². The first-order chi connectivity index (χ1) is 10.1. The van der Waals surface area contributed by atoms with E-state index in [2.05, 4.69) is 15.3 Å². The van der Waals surface area contributed by atoms with Gasteiger partial charge in [0.05, 0.1) is 6.61 Å². The number of halogens is 1. The molecule has 0 radical (unpaired) electrons. The molecule has 3 N–H and O–H groups in total. The monoisotopic (exact) mass is 290 g/mol. The molecule has 0 saturated carbocycles. The number of nitrogen functional groups attached to an aromatic ring is 1. The lowest BCUT2D eigenvalue weighted by atomic mass is 10.2. The number of hydrogen-bond donors (Lipinski definition) is 2. The van der Waals surface area contributed by atoms with E-state index in [1.165, 1.54) is 6.07 Å². The summed E-state index contributed by atoms with van der Waals surface area (Å²) in [5.74, 6) is 1.10. The van der Waals surface area contributed by atoms with E-state index in [9.17, 15) is 4.39 Å². The van der Waals surface area contributed by atoms with E-state index >= 15 is 0 Å². The molecule has 0 spiro atoms. The van der Waals surface area contributed by atoms with Crippen molar-refractivity contribution in [3.63, 3.8) is 0 Å². The predicted octanol–water partition coefficient (Wildman–Crippen LogP) is 2.91. The van der Waals surface area contributed by atoms with Gasteiger partial charge in [0.1, 0.15) is 17.3 Å². The molecule has 2 aromatic rings. The third-order valence-corrected chi connectivity index (χ3v) is 2.87. The second-order valence-electron chi connectivity index (χ2n) is 4.63. The van der Waals surface area contributed by atoms with E-state index in [0.29, 0.717) is 41.9 Å². The van der Waals surface area contributed by atoms with Crippen molar-refractivity contribution in [1.29, 1.82) is 0 Å². The molecule has 5 nitrogen and oxygen atoms in total. The van der Waals surface area contributed by atoms with E-state index in [1.807, 2.05) is 6.92 Å². The predicted molar refractivity (Wildman–Crippen MR) is 80.7 cm³/mol. The molecular weight excluding hydrogens is 271 g/mol. The lowest BCUT2D eigenvalue weighted by molar-refractivity contribution is 0.306. The first-order valence-corrected chi connectivity index (χ1v) is 6.86. The fourth-order valence-corrected chi connectivity index (χ4v) is 1.82. The Labute approximate surface area is 123 Å². The number of nitrogens with zero attached hydrogens (tertiary/aromatic N) is 2. The van der Waals surface area contributed by atoms with Crippen LogP contribution < -0.4 is 15.8 Å². The van der Waals surface area contributed by atoms with Crippen LogP contribution in [0.3, 0.4) is 0 Å². The number of aromatic nitrogens is 2. The summed E-state index contributed by atoms with van der Waals surface area (Å²) in [7, 11) is 0. The minimum absolute atomic E-state index is 0.267. The lowest BCUT2D eigenvalue weighted by Crippen LogP contribution is -2.10. The molecule has 1 heterocycles. The zero-order valence-corrected chi connectivity index (χ0v) is 12.2. The highest BCUT2D eigenvalue weighted by Crippen LogP contribution is 2.26. The van der Waals surface area contributed by atoms with Crippen LogP contribution in [0.5, 0.6) is 5.88 Å². The molecule has 0 unspecified atom stereocenters. The second kappa shape index (κ2) is 6.88. The third kappa shape index (κ3) is 3.81. The van der Waals surface area contributed by atoms with Gasteiger partial charge in [-0.1, -0.05) is 25.1 Å². The van der Waals surface area contributed by atoms with Crippen molar-refractivity contribution in [3.05, 3.63) is 41.5 Å². The summed E-state index contributed by atoms with van der Waals surface area (Å²) < 4.78 is 19.1. The third-order valence-electron chi connectivity index (χ3n) is 2.87. The van der Waals surface area contributed by atoms with Crippen molar-refractivity contribution in [2.24, 2.45) is 0 Å². The highest BCUT2D eigenvalue weighted by Gasteiger charge is 2.11. The molecule has 0 aliphatic carbocycles. The van der Waals surface area contributed by atoms with Crippen LogP contribution in [-0.2, 0) is 6.54 Å².